The molecule has 3 atom stereocenters. The molecule has 7 heteroatoms. The highest BCUT2D eigenvalue weighted by molar-refractivity contribution is 5.91. The van der Waals surface area contributed by atoms with Crippen LogP contribution in [0.3, 0.4) is 0 Å². The van der Waals surface area contributed by atoms with Crippen LogP contribution in [0.1, 0.15) is 47.1 Å². The Hall–Kier alpha value is -2.93. The zero-order valence-corrected chi connectivity index (χ0v) is 20.2. The van der Waals surface area contributed by atoms with E-state index in [2.05, 4.69) is 22.5 Å². The minimum absolute atomic E-state index is 0.301. The summed E-state index contributed by atoms with van der Waals surface area (Å²) < 4.78 is 0. The Labute approximate surface area is 191 Å². The van der Waals surface area contributed by atoms with Gasteiger partial charge in [-0.15, -0.1) is 0 Å². The van der Waals surface area contributed by atoms with Crippen molar-refractivity contribution in [3.63, 3.8) is 0 Å². The van der Waals surface area contributed by atoms with Gasteiger partial charge in [-0.05, 0) is 24.9 Å². The summed E-state index contributed by atoms with van der Waals surface area (Å²) in [7, 11) is 1.72. The molecule has 0 spiro atoms. The third kappa shape index (κ3) is 7.34. The van der Waals surface area contributed by atoms with Crippen LogP contribution in [0.2, 0.25) is 0 Å². The second kappa shape index (κ2) is 11.1. The lowest BCUT2D eigenvalue weighted by molar-refractivity contribution is -0.133. The van der Waals surface area contributed by atoms with Crippen LogP contribution in [0, 0.1) is 5.41 Å². The highest BCUT2D eigenvalue weighted by Gasteiger charge is 2.40. The van der Waals surface area contributed by atoms with E-state index in [1.54, 1.807) is 14.0 Å². The van der Waals surface area contributed by atoms with Crippen LogP contribution in [0.4, 0.5) is 0 Å². The molecule has 0 bridgehead atoms. The standard InChI is InChI=1S/C25H37N3O4/c1-16(2)18(14-15-19(29)30)27-22(31)20(24(3,4)5)28-23(32)21(26-8)25(6,7)17-12-10-9-11-13-17/h9-15,18,20-21,26H,1H2,2-8H3,(H,27,31)(H,28,32)(H,29,30)/b15-14+/t18?,20?,21-/m1/s1. The molecule has 0 aliphatic carbocycles. The van der Waals surface area contributed by atoms with E-state index < -0.39 is 40.8 Å². The van der Waals surface area contributed by atoms with E-state index in [4.69, 9.17) is 5.11 Å². The Balaban J connectivity index is 3.15. The molecule has 0 heterocycles. The monoisotopic (exact) mass is 443 g/mol. The average Bonchev–Trinajstić information content (AvgIpc) is 2.68. The summed E-state index contributed by atoms with van der Waals surface area (Å²) in [4.78, 5) is 37.4. The topological polar surface area (TPSA) is 108 Å². The van der Waals surface area contributed by atoms with Gasteiger partial charge in [0.2, 0.25) is 11.8 Å². The zero-order chi connectivity index (χ0) is 24.7. The molecule has 1 aromatic carbocycles. The van der Waals surface area contributed by atoms with Crippen molar-refractivity contribution in [2.75, 3.05) is 7.05 Å². The van der Waals surface area contributed by atoms with E-state index in [0.29, 0.717) is 5.57 Å². The van der Waals surface area contributed by atoms with E-state index in [1.807, 2.05) is 65.0 Å². The molecular formula is C25H37N3O4. The number of hydrogen-bond donors (Lipinski definition) is 4. The Kier molecular flexibility index (Phi) is 9.39. The first kappa shape index (κ1) is 27.1. The van der Waals surface area contributed by atoms with Crippen molar-refractivity contribution in [1.29, 1.82) is 0 Å². The number of rotatable bonds is 10. The van der Waals surface area contributed by atoms with Crippen LogP contribution in [-0.4, -0.2) is 48.1 Å². The average molecular weight is 444 g/mol. The van der Waals surface area contributed by atoms with Gasteiger partial charge >= 0.3 is 5.97 Å². The molecule has 7 nitrogen and oxygen atoms in total. The first-order valence-electron chi connectivity index (χ1n) is 10.6. The fraction of sp³-hybridized carbons (Fsp3) is 0.480. The van der Waals surface area contributed by atoms with E-state index in [1.165, 1.54) is 6.08 Å². The largest absolute Gasteiger partial charge is 0.478 e. The summed E-state index contributed by atoms with van der Waals surface area (Å²) in [6.07, 6.45) is 2.32. The van der Waals surface area contributed by atoms with Gasteiger partial charge < -0.3 is 21.1 Å². The number of hydrogen-bond acceptors (Lipinski definition) is 4. The number of likely N-dealkylation sites (N-methyl/N-ethyl adjacent to an activating group) is 1. The highest BCUT2D eigenvalue weighted by atomic mass is 16.4. The predicted molar refractivity (Wildman–Crippen MR) is 127 cm³/mol. The molecule has 2 amide bonds. The molecule has 2 unspecified atom stereocenters. The van der Waals surface area contributed by atoms with Gasteiger partial charge in [0, 0.05) is 11.5 Å². The summed E-state index contributed by atoms with van der Waals surface area (Å²) in [5.74, 6) is -1.84. The van der Waals surface area contributed by atoms with Crippen molar-refractivity contribution in [1.82, 2.24) is 16.0 Å². The van der Waals surface area contributed by atoms with E-state index in [0.717, 1.165) is 11.6 Å². The van der Waals surface area contributed by atoms with Crippen LogP contribution in [0.15, 0.2) is 54.6 Å². The van der Waals surface area contributed by atoms with Crippen molar-refractivity contribution in [2.24, 2.45) is 5.41 Å². The SMILES string of the molecule is C=C(C)C(/C=C/C(=O)O)NC(=O)C(NC(=O)[C@@H](NC)C(C)(C)c1ccccc1)C(C)(C)C. The Bertz CT molecular complexity index is 854. The molecule has 176 valence electrons. The number of carbonyl (C=O) groups is 3. The molecule has 0 saturated heterocycles. The minimum atomic E-state index is -1.12. The number of benzene rings is 1. The van der Waals surface area contributed by atoms with E-state index >= 15 is 0 Å². The Morgan fingerprint density at radius 3 is 1.94 bits per heavy atom. The van der Waals surface area contributed by atoms with Crippen molar-refractivity contribution in [3.05, 3.63) is 60.2 Å². The maximum atomic E-state index is 13.3. The minimum Gasteiger partial charge on any atom is -0.478 e. The summed E-state index contributed by atoms with van der Waals surface area (Å²) in [6.45, 7) is 15.0. The number of amides is 2. The lowest BCUT2D eigenvalue weighted by atomic mass is 9.76. The fourth-order valence-electron chi connectivity index (χ4n) is 3.51. The first-order valence-corrected chi connectivity index (χ1v) is 10.6. The van der Waals surface area contributed by atoms with Gasteiger partial charge in [0.15, 0.2) is 0 Å². The van der Waals surface area contributed by atoms with E-state index in [-0.39, 0.29) is 5.91 Å². The Morgan fingerprint density at radius 1 is 0.969 bits per heavy atom. The first-order chi connectivity index (χ1) is 14.7. The lowest BCUT2D eigenvalue weighted by Gasteiger charge is -2.37. The van der Waals surface area contributed by atoms with Gasteiger partial charge in [-0.2, -0.15) is 0 Å². The molecule has 1 aromatic rings. The second-order valence-electron chi connectivity index (χ2n) is 9.65. The predicted octanol–water partition coefficient (Wildman–Crippen LogP) is 2.78. The van der Waals surface area contributed by atoms with Crippen LogP contribution < -0.4 is 16.0 Å². The maximum absolute atomic E-state index is 13.3. The molecule has 0 aliphatic rings. The lowest BCUT2D eigenvalue weighted by Crippen LogP contribution is -2.61. The summed E-state index contributed by atoms with van der Waals surface area (Å²) in [6, 6.07) is 7.61. The van der Waals surface area contributed by atoms with Crippen LogP contribution in [0.5, 0.6) is 0 Å². The van der Waals surface area contributed by atoms with Gasteiger partial charge in [-0.25, -0.2) is 4.79 Å². The Morgan fingerprint density at radius 2 is 1.50 bits per heavy atom. The van der Waals surface area contributed by atoms with Gasteiger partial charge in [-0.1, -0.05) is 83.2 Å². The van der Waals surface area contributed by atoms with E-state index in [9.17, 15) is 14.4 Å². The number of aliphatic carboxylic acids is 1. The third-order valence-electron chi connectivity index (χ3n) is 5.47. The molecule has 32 heavy (non-hydrogen) atoms. The smallest absolute Gasteiger partial charge is 0.328 e. The van der Waals surface area contributed by atoms with Gasteiger partial charge in [-0.3, -0.25) is 9.59 Å². The normalized spacial score (nSPS) is 15.0. The highest BCUT2D eigenvalue weighted by Crippen LogP contribution is 2.28. The van der Waals surface area contributed by atoms with Crippen molar-refractivity contribution < 1.29 is 19.5 Å². The van der Waals surface area contributed by atoms with Crippen molar-refractivity contribution >= 4 is 17.8 Å². The van der Waals surface area contributed by atoms with Crippen molar-refractivity contribution in [3.8, 4) is 0 Å². The third-order valence-corrected chi connectivity index (χ3v) is 5.47. The zero-order valence-electron chi connectivity index (χ0n) is 20.2. The van der Waals surface area contributed by atoms with Crippen LogP contribution in [-0.2, 0) is 19.8 Å². The molecule has 1 rings (SSSR count). The molecule has 4 N–H and O–H groups in total. The molecule has 0 aromatic heterocycles. The number of carbonyl (C=O) groups excluding carboxylic acids is 2. The molecule has 0 saturated carbocycles. The molecule has 0 fully saturated rings. The van der Waals surface area contributed by atoms with Gasteiger partial charge in [0.25, 0.3) is 0 Å². The number of carboxylic acid groups (broad SMARTS) is 1. The van der Waals surface area contributed by atoms with Crippen molar-refractivity contribution in [2.45, 2.75) is 65.1 Å². The van der Waals surface area contributed by atoms with Crippen LogP contribution in [0.25, 0.3) is 0 Å². The quantitative estimate of drug-likeness (QED) is 0.329. The summed E-state index contributed by atoms with van der Waals surface area (Å²) in [5, 5.41) is 17.7. The molecule has 0 aliphatic heterocycles. The molecular weight excluding hydrogens is 406 g/mol. The second-order valence-corrected chi connectivity index (χ2v) is 9.65. The number of nitrogens with one attached hydrogen (secondary N) is 3. The summed E-state index contributed by atoms with van der Waals surface area (Å²) in [5.41, 5.74) is 0.440. The maximum Gasteiger partial charge on any atom is 0.328 e. The number of carboxylic acids is 1. The fourth-order valence-corrected chi connectivity index (χ4v) is 3.51. The van der Waals surface area contributed by atoms with Gasteiger partial charge in [0.05, 0.1) is 12.1 Å². The molecule has 0 radical (unpaired) electrons. The van der Waals surface area contributed by atoms with Gasteiger partial charge in [0.1, 0.15) is 6.04 Å². The van der Waals surface area contributed by atoms with Crippen LogP contribution >= 0.6 is 0 Å². The summed E-state index contributed by atoms with van der Waals surface area (Å²) >= 11 is 0.